The minimum Gasteiger partial charge on any atom is -0.484 e. The van der Waals surface area contributed by atoms with E-state index in [0.717, 1.165) is 18.8 Å². The molecule has 2 aromatic carbocycles. The van der Waals surface area contributed by atoms with E-state index >= 15 is 0 Å². The number of rotatable bonds is 14. The monoisotopic (exact) mass is 491 g/mol. The highest BCUT2D eigenvalue weighted by molar-refractivity contribution is 7.87. The highest BCUT2D eigenvalue weighted by Crippen LogP contribution is 2.28. The Labute approximate surface area is 204 Å². The van der Waals surface area contributed by atoms with E-state index in [2.05, 4.69) is 4.90 Å². The quantitative estimate of drug-likeness (QED) is 0.376. The summed E-state index contributed by atoms with van der Waals surface area (Å²) in [5.41, 5.74) is 1.49. The molecule has 188 valence electrons. The van der Waals surface area contributed by atoms with Crippen LogP contribution in [0.1, 0.15) is 26.3 Å². The summed E-state index contributed by atoms with van der Waals surface area (Å²) in [6.07, 6.45) is 0. The fourth-order valence-corrected chi connectivity index (χ4v) is 3.85. The average Bonchev–Trinajstić information content (AvgIpc) is 2.82. The number of para-hydroxylation sites is 1. The zero-order valence-corrected chi connectivity index (χ0v) is 21.7. The Kier molecular flexibility index (Phi) is 10.7. The number of hydrogen-bond acceptors (Lipinski definition) is 7. The van der Waals surface area contributed by atoms with Gasteiger partial charge in [-0.15, -0.1) is 0 Å². The van der Waals surface area contributed by atoms with E-state index < -0.39 is 10.1 Å². The fourth-order valence-electron chi connectivity index (χ4n) is 3.30. The Morgan fingerprint density at radius 1 is 0.941 bits per heavy atom. The molecule has 0 N–H and O–H groups in total. The smallest absolute Gasteiger partial charge is 0.308 e. The van der Waals surface area contributed by atoms with Gasteiger partial charge in [0.15, 0.2) is 6.61 Å². The maximum atomic E-state index is 13.1. The molecule has 0 aromatic heterocycles. The van der Waals surface area contributed by atoms with Gasteiger partial charge in [-0.3, -0.25) is 4.79 Å². The maximum Gasteiger partial charge on any atom is 0.308 e. The van der Waals surface area contributed by atoms with Crippen molar-refractivity contribution in [3.05, 3.63) is 54.1 Å². The van der Waals surface area contributed by atoms with Crippen molar-refractivity contribution in [2.24, 2.45) is 0 Å². The van der Waals surface area contributed by atoms with Gasteiger partial charge in [-0.1, -0.05) is 24.3 Å². The zero-order chi connectivity index (χ0) is 25.1. The third kappa shape index (κ3) is 8.53. The second kappa shape index (κ2) is 13.2. The Balaban J connectivity index is 2.31. The average molecular weight is 492 g/mol. The minimum atomic E-state index is -3.73. The predicted octanol–water partition coefficient (Wildman–Crippen LogP) is 3.23. The summed E-state index contributed by atoms with van der Waals surface area (Å²) in [5, 5.41) is 0. The molecule has 0 aliphatic heterocycles. The molecule has 0 aliphatic carbocycles. The summed E-state index contributed by atoms with van der Waals surface area (Å²) in [7, 11) is 0.136. The third-order valence-electron chi connectivity index (χ3n) is 5.39. The van der Waals surface area contributed by atoms with Crippen LogP contribution in [0.3, 0.4) is 0 Å². The lowest BCUT2D eigenvalue weighted by atomic mass is 10.1. The number of nitrogens with zero attached hydrogens (tertiary/aromatic N) is 3. The minimum absolute atomic E-state index is 0.113. The van der Waals surface area contributed by atoms with Gasteiger partial charge in [-0.05, 0) is 53.1 Å². The molecule has 0 unspecified atom stereocenters. The van der Waals surface area contributed by atoms with Crippen molar-refractivity contribution < 1.29 is 22.1 Å². The topological polar surface area (TPSA) is 79.4 Å². The molecule has 0 spiro atoms. The van der Waals surface area contributed by atoms with Crippen molar-refractivity contribution >= 4 is 21.7 Å². The van der Waals surface area contributed by atoms with E-state index in [0.29, 0.717) is 24.4 Å². The van der Waals surface area contributed by atoms with Crippen LogP contribution in [0.2, 0.25) is 0 Å². The highest BCUT2D eigenvalue weighted by atomic mass is 32.2. The van der Waals surface area contributed by atoms with Crippen molar-refractivity contribution in [2.75, 3.05) is 57.5 Å². The summed E-state index contributed by atoms with van der Waals surface area (Å²) < 4.78 is 35.7. The number of anilines is 1. The summed E-state index contributed by atoms with van der Waals surface area (Å²) >= 11 is 0. The number of carbonyl (C=O) groups is 1. The first kappa shape index (κ1) is 27.5. The molecule has 0 atom stereocenters. The van der Waals surface area contributed by atoms with Crippen LogP contribution >= 0.6 is 0 Å². The lowest BCUT2D eigenvalue weighted by Gasteiger charge is -2.27. The molecule has 0 radical (unpaired) electrons. The summed E-state index contributed by atoms with van der Waals surface area (Å²) in [4.78, 5) is 18.8. The summed E-state index contributed by atoms with van der Waals surface area (Å²) in [6, 6.07) is 14.7. The largest absolute Gasteiger partial charge is 0.484 e. The SMILES string of the molecule is CCN(CC)c1ccc(CN(CCN(C)C)C(=O)COc2ccccc2)c(OS(=O)(=O)CC)c1. The molecule has 34 heavy (non-hydrogen) atoms. The van der Waals surface area contributed by atoms with E-state index in [1.807, 2.05) is 63.2 Å². The van der Waals surface area contributed by atoms with Crippen molar-refractivity contribution in [1.82, 2.24) is 9.80 Å². The first-order chi connectivity index (χ1) is 16.2. The first-order valence-electron chi connectivity index (χ1n) is 11.6. The summed E-state index contributed by atoms with van der Waals surface area (Å²) in [5.74, 6) is 0.529. The maximum absolute atomic E-state index is 13.1. The molecule has 0 bridgehead atoms. The molecule has 0 aliphatic rings. The van der Waals surface area contributed by atoms with E-state index in [-0.39, 0.29) is 30.6 Å². The molecule has 9 heteroatoms. The van der Waals surface area contributed by atoms with Crippen LogP contribution in [0, 0.1) is 0 Å². The molecule has 8 nitrogen and oxygen atoms in total. The van der Waals surface area contributed by atoms with Gasteiger partial charge in [-0.25, -0.2) is 0 Å². The lowest BCUT2D eigenvalue weighted by Crippen LogP contribution is -2.39. The molecule has 0 saturated heterocycles. The molecular weight excluding hydrogens is 454 g/mol. The van der Waals surface area contributed by atoms with Crippen molar-refractivity contribution in [3.63, 3.8) is 0 Å². The van der Waals surface area contributed by atoms with Crippen LogP contribution in [0.5, 0.6) is 11.5 Å². The summed E-state index contributed by atoms with van der Waals surface area (Å²) in [6.45, 7) is 8.37. The van der Waals surface area contributed by atoms with Crippen LogP contribution in [0.25, 0.3) is 0 Å². The fraction of sp³-hybridized carbons (Fsp3) is 0.480. The van der Waals surface area contributed by atoms with Gasteiger partial charge in [0.2, 0.25) is 0 Å². The van der Waals surface area contributed by atoms with E-state index in [1.54, 1.807) is 23.1 Å². The molecule has 2 aromatic rings. The number of likely N-dealkylation sites (N-methyl/N-ethyl adjacent to an activating group) is 1. The van der Waals surface area contributed by atoms with Crippen LogP contribution in [-0.4, -0.2) is 76.8 Å². The van der Waals surface area contributed by atoms with Crippen molar-refractivity contribution in [3.8, 4) is 11.5 Å². The Morgan fingerprint density at radius 3 is 2.21 bits per heavy atom. The van der Waals surface area contributed by atoms with Gasteiger partial charge in [-0.2, -0.15) is 8.42 Å². The molecule has 1 amide bonds. The first-order valence-corrected chi connectivity index (χ1v) is 13.2. The molecule has 0 saturated carbocycles. The number of benzene rings is 2. The highest BCUT2D eigenvalue weighted by Gasteiger charge is 2.21. The molecule has 0 heterocycles. The number of amides is 1. The van der Waals surface area contributed by atoms with E-state index in [1.165, 1.54) is 6.92 Å². The van der Waals surface area contributed by atoms with Gasteiger partial charge in [0, 0.05) is 50.0 Å². The van der Waals surface area contributed by atoms with Crippen molar-refractivity contribution in [2.45, 2.75) is 27.3 Å². The molecule has 2 rings (SSSR count). The van der Waals surface area contributed by atoms with Gasteiger partial charge in [0.05, 0.1) is 5.75 Å². The Hall–Kier alpha value is -2.78. The third-order valence-corrected chi connectivity index (χ3v) is 6.53. The van der Waals surface area contributed by atoms with Crippen LogP contribution in [0.15, 0.2) is 48.5 Å². The number of carbonyl (C=O) groups excluding carboxylic acids is 1. The van der Waals surface area contributed by atoms with Crippen molar-refractivity contribution in [1.29, 1.82) is 0 Å². The number of ether oxygens (including phenoxy) is 1. The van der Waals surface area contributed by atoms with E-state index in [9.17, 15) is 13.2 Å². The van der Waals surface area contributed by atoms with Gasteiger partial charge in [0.1, 0.15) is 11.5 Å². The molecular formula is C25H37N3O5S. The van der Waals surface area contributed by atoms with E-state index in [4.69, 9.17) is 8.92 Å². The van der Waals surface area contributed by atoms with Gasteiger partial charge < -0.3 is 23.6 Å². The predicted molar refractivity (Wildman–Crippen MR) is 136 cm³/mol. The van der Waals surface area contributed by atoms with Crippen LogP contribution < -0.4 is 13.8 Å². The standard InChI is InChI=1S/C25H37N3O5S/c1-6-27(7-2)22-15-14-21(24(18-22)33-34(30,31)8-3)19-28(17-16-26(4)5)25(29)20-32-23-12-10-9-11-13-23/h9-15,18H,6-8,16-17,19-20H2,1-5H3. The lowest BCUT2D eigenvalue weighted by molar-refractivity contribution is -0.134. The normalized spacial score (nSPS) is 11.4. The Morgan fingerprint density at radius 2 is 1.62 bits per heavy atom. The second-order valence-corrected chi connectivity index (χ2v) is 9.97. The zero-order valence-electron chi connectivity index (χ0n) is 20.9. The van der Waals surface area contributed by atoms with Gasteiger partial charge in [0.25, 0.3) is 5.91 Å². The second-order valence-electron chi connectivity index (χ2n) is 8.11. The van der Waals surface area contributed by atoms with Crippen LogP contribution in [0.4, 0.5) is 5.69 Å². The van der Waals surface area contributed by atoms with Crippen LogP contribution in [-0.2, 0) is 21.5 Å². The molecule has 0 fully saturated rings. The van der Waals surface area contributed by atoms with Gasteiger partial charge >= 0.3 is 10.1 Å². The number of hydrogen-bond donors (Lipinski definition) is 0. The Bertz CT molecular complexity index is 1010.